The Labute approximate surface area is 92.2 Å². The second-order valence-electron chi connectivity index (χ2n) is 3.86. The standard InChI is InChI=1S/C10H10F2O3S/c1-16(13,14)15-8-3-6-2-7(11)4-10(12)9(6)5-8/h2,4,8H,3,5H2,1H3. The van der Waals surface area contributed by atoms with E-state index in [1.54, 1.807) is 0 Å². The summed E-state index contributed by atoms with van der Waals surface area (Å²) in [6.45, 7) is 0. The first-order valence-electron chi connectivity index (χ1n) is 4.70. The van der Waals surface area contributed by atoms with Crippen molar-refractivity contribution in [3.63, 3.8) is 0 Å². The van der Waals surface area contributed by atoms with Crippen molar-refractivity contribution in [2.45, 2.75) is 18.9 Å². The zero-order chi connectivity index (χ0) is 11.9. The number of hydrogen-bond donors (Lipinski definition) is 0. The van der Waals surface area contributed by atoms with Gasteiger partial charge in [-0.2, -0.15) is 8.42 Å². The molecule has 1 aromatic carbocycles. The third-order valence-corrected chi connectivity index (χ3v) is 3.06. The molecule has 0 saturated heterocycles. The molecule has 1 aromatic rings. The van der Waals surface area contributed by atoms with Crippen molar-refractivity contribution in [3.05, 3.63) is 34.9 Å². The third kappa shape index (κ3) is 2.38. The van der Waals surface area contributed by atoms with E-state index in [1.807, 2.05) is 0 Å². The Bertz CT molecular complexity index is 525. The largest absolute Gasteiger partial charge is 0.266 e. The van der Waals surface area contributed by atoms with Crippen LogP contribution < -0.4 is 0 Å². The normalized spacial score (nSPS) is 19.8. The van der Waals surface area contributed by atoms with Crippen LogP contribution in [0.15, 0.2) is 12.1 Å². The van der Waals surface area contributed by atoms with Crippen molar-refractivity contribution >= 4 is 10.1 Å². The topological polar surface area (TPSA) is 43.4 Å². The van der Waals surface area contributed by atoms with Gasteiger partial charge in [0.15, 0.2) is 0 Å². The Morgan fingerprint density at radius 3 is 2.62 bits per heavy atom. The molecule has 0 aromatic heterocycles. The summed E-state index contributed by atoms with van der Waals surface area (Å²) in [5, 5.41) is 0. The lowest BCUT2D eigenvalue weighted by molar-refractivity contribution is 0.223. The fourth-order valence-corrected chi connectivity index (χ4v) is 2.56. The minimum Gasteiger partial charge on any atom is -0.266 e. The van der Waals surface area contributed by atoms with Crippen LogP contribution in [-0.4, -0.2) is 20.8 Å². The average molecular weight is 248 g/mol. The maximum absolute atomic E-state index is 13.3. The highest BCUT2D eigenvalue weighted by molar-refractivity contribution is 7.86. The van der Waals surface area contributed by atoms with Crippen LogP contribution in [0.1, 0.15) is 11.1 Å². The van der Waals surface area contributed by atoms with Gasteiger partial charge in [0, 0.05) is 18.9 Å². The summed E-state index contributed by atoms with van der Waals surface area (Å²) in [5.41, 5.74) is 0.821. The van der Waals surface area contributed by atoms with E-state index >= 15 is 0 Å². The van der Waals surface area contributed by atoms with E-state index in [4.69, 9.17) is 4.18 Å². The highest BCUT2D eigenvalue weighted by Crippen LogP contribution is 2.28. The molecule has 3 nitrogen and oxygen atoms in total. The van der Waals surface area contributed by atoms with Crippen molar-refractivity contribution < 1.29 is 21.4 Å². The van der Waals surface area contributed by atoms with Crippen LogP contribution in [0.3, 0.4) is 0 Å². The summed E-state index contributed by atoms with van der Waals surface area (Å²) in [4.78, 5) is 0. The number of benzene rings is 1. The molecule has 1 atom stereocenters. The second kappa shape index (κ2) is 3.78. The molecule has 0 amide bonds. The van der Waals surface area contributed by atoms with Gasteiger partial charge in [0.2, 0.25) is 0 Å². The predicted octanol–water partition coefficient (Wildman–Crippen LogP) is 1.41. The lowest BCUT2D eigenvalue weighted by atomic mass is 10.1. The Kier molecular flexibility index (Phi) is 2.71. The fourth-order valence-electron chi connectivity index (χ4n) is 1.93. The molecular formula is C10H10F2O3S. The second-order valence-corrected chi connectivity index (χ2v) is 5.46. The lowest BCUT2D eigenvalue weighted by Gasteiger charge is -2.07. The number of halogens is 2. The molecule has 1 unspecified atom stereocenters. The molecule has 16 heavy (non-hydrogen) atoms. The molecular weight excluding hydrogens is 238 g/mol. The molecule has 0 radical (unpaired) electrons. The van der Waals surface area contributed by atoms with Gasteiger partial charge < -0.3 is 0 Å². The SMILES string of the molecule is CS(=O)(=O)OC1Cc2cc(F)cc(F)c2C1. The molecule has 0 heterocycles. The smallest absolute Gasteiger partial charge is 0.264 e. The van der Waals surface area contributed by atoms with Crippen molar-refractivity contribution in [3.8, 4) is 0 Å². The summed E-state index contributed by atoms with van der Waals surface area (Å²) in [6.07, 6.45) is 0.694. The van der Waals surface area contributed by atoms with Crippen LogP contribution in [0, 0.1) is 11.6 Å². The van der Waals surface area contributed by atoms with Crippen LogP contribution >= 0.6 is 0 Å². The van der Waals surface area contributed by atoms with E-state index in [9.17, 15) is 17.2 Å². The minimum absolute atomic E-state index is 0.161. The summed E-state index contributed by atoms with van der Waals surface area (Å²) in [6, 6.07) is 2.01. The van der Waals surface area contributed by atoms with E-state index < -0.39 is 27.9 Å². The Hall–Kier alpha value is -1.01. The zero-order valence-corrected chi connectivity index (χ0v) is 9.35. The van der Waals surface area contributed by atoms with Gasteiger partial charge in [-0.3, -0.25) is 4.18 Å². The highest BCUT2D eigenvalue weighted by Gasteiger charge is 2.28. The van der Waals surface area contributed by atoms with Crippen molar-refractivity contribution in [2.24, 2.45) is 0 Å². The number of rotatable bonds is 2. The first-order chi connectivity index (χ1) is 7.35. The van der Waals surface area contributed by atoms with Crippen LogP contribution in [0.5, 0.6) is 0 Å². The van der Waals surface area contributed by atoms with Gasteiger partial charge >= 0.3 is 0 Å². The Balaban J connectivity index is 2.25. The predicted molar refractivity (Wildman–Crippen MR) is 53.5 cm³/mol. The van der Waals surface area contributed by atoms with Crippen LogP contribution in [0.2, 0.25) is 0 Å². The number of fused-ring (bicyclic) bond motifs is 1. The highest BCUT2D eigenvalue weighted by atomic mass is 32.2. The molecule has 6 heteroatoms. The molecule has 1 aliphatic carbocycles. The summed E-state index contributed by atoms with van der Waals surface area (Å²) in [7, 11) is -3.56. The van der Waals surface area contributed by atoms with Crippen molar-refractivity contribution in [2.75, 3.05) is 6.26 Å². The maximum Gasteiger partial charge on any atom is 0.264 e. The van der Waals surface area contributed by atoms with E-state index in [0.29, 0.717) is 11.1 Å². The lowest BCUT2D eigenvalue weighted by Crippen LogP contribution is -2.17. The summed E-state index contributed by atoms with van der Waals surface area (Å²) >= 11 is 0. The summed E-state index contributed by atoms with van der Waals surface area (Å²) in [5.74, 6) is -1.30. The molecule has 1 aliphatic rings. The van der Waals surface area contributed by atoms with Gasteiger partial charge in [-0.25, -0.2) is 8.78 Å². The van der Waals surface area contributed by atoms with Gasteiger partial charge in [0.1, 0.15) is 11.6 Å². The van der Waals surface area contributed by atoms with Gasteiger partial charge in [-0.15, -0.1) is 0 Å². The molecule has 0 spiro atoms. The van der Waals surface area contributed by atoms with Crippen LogP contribution in [0.25, 0.3) is 0 Å². The molecule has 0 N–H and O–H groups in total. The first-order valence-corrected chi connectivity index (χ1v) is 6.52. The maximum atomic E-state index is 13.3. The Morgan fingerprint density at radius 2 is 2.00 bits per heavy atom. The zero-order valence-electron chi connectivity index (χ0n) is 8.54. The fraction of sp³-hybridized carbons (Fsp3) is 0.400. The average Bonchev–Trinajstić information content (AvgIpc) is 2.43. The Morgan fingerprint density at radius 1 is 1.31 bits per heavy atom. The van der Waals surface area contributed by atoms with Crippen molar-refractivity contribution in [1.29, 1.82) is 0 Å². The quantitative estimate of drug-likeness (QED) is 0.743. The van der Waals surface area contributed by atoms with E-state index in [-0.39, 0.29) is 12.8 Å². The molecule has 0 fully saturated rings. The van der Waals surface area contributed by atoms with Crippen LogP contribution in [0.4, 0.5) is 8.78 Å². The number of hydrogen-bond acceptors (Lipinski definition) is 3. The van der Waals surface area contributed by atoms with Gasteiger partial charge in [-0.05, 0) is 17.2 Å². The van der Waals surface area contributed by atoms with Gasteiger partial charge in [0.25, 0.3) is 10.1 Å². The molecule has 0 bridgehead atoms. The van der Waals surface area contributed by atoms with E-state index in [0.717, 1.165) is 12.3 Å². The van der Waals surface area contributed by atoms with Gasteiger partial charge in [-0.1, -0.05) is 0 Å². The summed E-state index contributed by atoms with van der Waals surface area (Å²) < 4.78 is 52.8. The van der Waals surface area contributed by atoms with Crippen LogP contribution in [-0.2, 0) is 27.1 Å². The van der Waals surface area contributed by atoms with Crippen molar-refractivity contribution in [1.82, 2.24) is 0 Å². The first kappa shape index (κ1) is 11.5. The van der Waals surface area contributed by atoms with E-state index in [2.05, 4.69) is 0 Å². The minimum atomic E-state index is -3.56. The molecule has 0 saturated carbocycles. The van der Waals surface area contributed by atoms with E-state index in [1.165, 1.54) is 6.07 Å². The molecule has 2 rings (SSSR count). The molecule has 88 valence electrons. The molecule has 0 aliphatic heterocycles. The third-order valence-electron chi connectivity index (χ3n) is 2.44. The van der Waals surface area contributed by atoms with Gasteiger partial charge in [0.05, 0.1) is 12.4 Å². The monoisotopic (exact) mass is 248 g/mol.